The SMILES string of the molecule is CN1CCN(CCCNC(=O)c2cccc(Oc3ccccc3)c2)CC1. The first-order valence-corrected chi connectivity index (χ1v) is 9.23. The van der Waals surface area contributed by atoms with Gasteiger partial charge < -0.3 is 19.9 Å². The van der Waals surface area contributed by atoms with Crippen molar-refractivity contribution in [2.75, 3.05) is 46.3 Å². The summed E-state index contributed by atoms with van der Waals surface area (Å²) < 4.78 is 5.79. The summed E-state index contributed by atoms with van der Waals surface area (Å²) >= 11 is 0. The number of carbonyl (C=O) groups is 1. The van der Waals surface area contributed by atoms with E-state index < -0.39 is 0 Å². The van der Waals surface area contributed by atoms with E-state index in [1.54, 1.807) is 6.07 Å². The minimum atomic E-state index is -0.0538. The molecular formula is C21H27N3O2. The first-order valence-electron chi connectivity index (χ1n) is 9.23. The average Bonchev–Trinajstić information content (AvgIpc) is 2.67. The van der Waals surface area contributed by atoms with Gasteiger partial charge in [-0.15, -0.1) is 0 Å². The van der Waals surface area contributed by atoms with E-state index in [4.69, 9.17) is 4.74 Å². The summed E-state index contributed by atoms with van der Waals surface area (Å²) in [6.07, 6.45) is 0.968. The zero-order valence-corrected chi connectivity index (χ0v) is 15.4. The van der Waals surface area contributed by atoms with Crippen molar-refractivity contribution in [3.63, 3.8) is 0 Å². The van der Waals surface area contributed by atoms with Crippen molar-refractivity contribution in [2.45, 2.75) is 6.42 Å². The second-order valence-corrected chi connectivity index (χ2v) is 6.70. The van der Waals surface area contributed by atoms with Gasteiger partial charge in [0.1, 0.15) is 11.5 Å². The topological polar surface area (TPSA) is 44.8 Å². The number of rotatable bonds is 7. The Morgan fingerprint density at radius 3 is 2.50 bits per heavy atom. The molecule has 0 bridgehead atoms. The fraction of sp³-hybridized carbons (Fsp3) is 0.381. The lowest BCUT2D eigenvalue weighted by Gasteiger charge is -2.32. The van der Waals surface area contributed by atoms with Gasteiger partial charge in [0.2, 0.25) is 0 Å². The van der Waals surface area contributed by atoms with Crippen LogP contribution in [0.2, 0.25) is 0 Å². The van der Waals surface area contributed by atoms with E-state index >= 15 is 0 Å². The molecule has 0 unspecified atom stereocenters. The van der Waals surface area contributed by atoms with Crippen LogP contribution in [-0.2, 0) is 0 Å². The number of amides is 1. The van der Waals surface area contributed by atoms with Crippen LogP contribution >= 0.6 is 0 Å². The van der Waals surface area contributed by atoms with E-state index in [9.17, 15) is 4.79 Å². The third kappa shape index (κ3) is 5.58. The van der Waals surface area contributed by atoms with Crippen LogP contribution in [0.1, 0.15) is 16.8 Å². The van der Waals surface area contributed by atoms with Gasteiger partial charge in [-0.25, -0.2) is 0 Å². The van der Waals surface area contributed by atoms with Crippen LogP contribution in [0.4, 0.5) is 0 Å². The third-order valence-electron chi connectivity index (χ3n) is 4.61. The minimum absolute atomic E-state index is 0.0538. The standard InChI is InChI=1S/C21H27N3O2/c1-23-13-15-24(16-14-23)12-6-11-22-21(25)18-7-5-10-20(17-18)26-19-8-3-2-4-9-19/h2-5,7-10,17H,6,11-16H2,1H3,(H,22,25). The number of carbonyl (C=O) groups excluding carboxylic acids is 1. The van der Waals surface area contributed by atoms with Crippen LogP contribution in [0.3, 0.4) is 0 Å². The van der Waals surface area contributed by atoms with Crippen molar-refractivity contribution in [3.8, 4) is 11.5 Å². The first kappa shape index (κ1) is 18.4. The largest absolute Gasteiger partial charge is 0.457 e. The van der Waals surface area contributed by atoms with Gasteiger partial charge in [-0.3, -0.25) is 4.79 Å². The summed E-state index contributed by atoms with van der Waals surface area (Å²) in [6, 6.07) is 16.9. The molecule has 1 amide bonds. The Morgan fingerprint density at radius 2 is 1.73 bits per heavy atom. The number of hydrogen-bond donors (Lipinski definition) is 1. The highest BCUT2D eigenvalue weighted by Crippen LogP contribution is 2.21. The molecule has 26 heavy (non-hydrogen) atoms. The lowest BCUT2D eigenvalue weighted by molar-refractivity contribution is 0.0949. The molecule has 0 aliphatic carbocycles. The van der Waals surface area contributed by atoms with Gasteiger partial charge in [0.15, 0.2) is 0 Å². The number of nitrogens with one attached hydrogen (secondary N) is 1. The molecule has 2 aromatic carbocycles. The molecular weight excluding hydrogens is 326 g/mol. The first-order chi connectivity index (χ1) is 12.7. The molecule has 2 aromatic rings. The molecule has 1 heterocycles. The van der Waals surface area contributed by atoms with Gasteiger partial charge in [0.05, 0.1) is 0 Å². The molecule has 0 radical (unpaired) electrons. The molecule has 5 heteroatoms. The molecule has 0 aromatic heterocycles. The molecule has 1 N–H and O–H groups in total. The maximum atomic E-state index is 12.4. The Balaban J connectivity index is 1.43. The number of likely N-dealkylation sites (N-methyl/N-ethyl adjacent to an activating group) is 1. The smallest absolute Gasteiger partial charge is 0.251 e. The monoisotopic (exact) mass is 353 g/mol. The molecule has 1 aliphatic heterocycles. The van der Waals surface area contributed by atoms with E-state index in [2.05, 4.69) is 22.2 Å². The molecule has 5 nitrogen and oxygen atoms in total. The van der Waals surface area contributed by atoms with Gasteiger partial charge >= 0.3 is 0 Å². The van der Waals surface area contributed by atoms with Crippen molar-refractivity contribution in [2.24, 2.45) is 0 Å². The molecule has 0 spiro atoms. The highest BCUT2D eigenvalue weighted by atomic mass is 16.5. The van der Waals surface area contributed by atoms with Gasteiger partial charge in [-0.2, -0.15) is 0 Å². The molecule has 0 saturated carbocycles. The quantitative estimate of drug-likeness (QED) is 0.778. The summed E-state index contributed by atoms with van der Waals surface area (Å²) in [6.45, 7) is 6.20. The van der Waals surface area contributed by atoms with Crippen molar-refractivity contribution < 1.29 is 9.53 Å². The minimum Gasteiger partial charge on any atom is -0.457 e. The average molecular weight is 353 g/mol. The zero-order chi connectivity index (χ0) is 18.2. The van der Waals surface area contributed by atoms with Gasteiger partial charge in [0.25, 0.3) is 5.91 Å². The van der Waals surface area contributed by atoms with Crippen molar-refractivity contribution in [1.29, 1.82) is 0 Å². The van der Waals surface area contributed by atoms with Crippen molar-refractivity contribution >= 4 is 5.91 Å². The summed E-state index contributed by atoms with van der Waals surface area (Å²) in [5.41, 5.74) is 0.623. The molecule has 0 atom stereocenters. The summed E-state index contributed by atoms with van der Waals surface area (Å²) in [5, 5.41) is 3.01. The van der Waals surface area contributed by atoms with Crippen molar-refractivity contribution in [3.05, 3.63) is 60.2 Å². The van der Waals surface area contributed by atoms with Crippen LogP contribution in [-0.4, -0.2) is 62.0 Å². The van der Waals surface area contributed by atoms with E-state index in [-0.39, 0.29) is 5.91 Å². The highest BCUT2D eigenvalue weighted by molar-refractivity contribution is 5.94. The van der Waals surface area contributed by atoms with Crippen LogP contribution in [0.15, 0.2) is 54.6 Å². The van der Waals surface area contributed by atoms with E-state index in [0.29, 0.717) is 17.9 Å². The van der Waals surface area contributed by atoms with Crippen LogP contribution < -0.4 is 10.1 Å². The summed E-state index contributed by atoms with van der Waals surface area (Å²) in [7, 11) is 2.16. The molecule has 138 valence electrons. The van der Waals surface area contributed by atoms with E-state index in [1.165, 1.54) is 0 Å². The maximum Gasteiger partial charge on any atom is 0.251 e. The Labute approximate surface area is 155 Å². The summed E-state index contributed by atoms with van der Waals surface area (Å²) in [4.78, 5) is 17.2. The number of para-hydroxylation sites is 1. The lowest BCUT2D eigenvalue weighted by atomic mass is 10.2. The van der Waals surface area contributed by atoms with E-state index in [0.717, 1.165) is 44.9 Å². The second kappa shape index (κ2) is 9.36. The van der Waals surface area contributed by atoms with Crippen LogP contribution in [0.5, 0.6) is 11.5 Å². The fourth-order valence-electron chi connectivity index (χ4n) is 3.00. The molecule has 1 aliphatic rings. The predicted octanol–water partition coefficient (Wildman–Crippen LogP) is 2.85. The van der Waals surface area contributed by atoms with Gasteiger partial charge in [-0.05, 0) is 50.3 Å². The number of hydrogen-bond acceptors (Lipinski definition) is 4. The highest BCUT2D eigenvalue weighted by Gasteiger charge is 2.13. The van der Waals surface area contributed by atoms with E-state index in [1.807, 2.05) is 48.5 Å². The number of benzene rings is 2. The second-order valence-electron chi connectivity index (χ2n) is 6.70. The number of ether oxygens (including phenoxy) is 1. The Hall–Kier alpha value is -2.37. The van der Waals surface area contributed by atoms with Crippen LogP contribution in [0.25, 0.3) is 0 Å². The fourth-order valence-corrected chi connectivity index (χ4v) is 3.00. The predicted molar refractivity (Wildman–Crippen MR) is 104 cm³/mol. The Bertz CT molecular complexity index is 697. The zero-order valence-electron chi connectivity index (χ0n) is 15.4. The molecule has 1 fully saturated rings. The maximum absolute atomic E-state index is 12.4. The van der Waals surface area contributed by atoms with Crippen molar-refractivity contribution in [1.82, 2.24) is 15.1 Å². The number of piperazine rings is 1. The normalized spacial score (nSPS) is 15.6. The Kier molecular flexibility index (Phi) is 6.63. The van der Waals surface area contributed by atoms with Gasteiger partial charge in [0, 0.05) is 38.3 Å². The van der Waals surface area contributed by atoms with Crippen LogP contribution in [0, 0.1) is 0 Å². The third-order valence-corrected chi connectivity index (χ3v) is 4.61. The number of nitrogens with zero attached hydrogens (tertiary/aromatic N) is 2. The Morgan fingerprint density at radius 1 is 1.00 bits per heavy atom. The molecule has 3 rings (SSSR count). The lowest BCUT2D eigenvalue weighted by Crippen LogP contribution is -2.45. The summed E-state index contributed by atoms with van der Waals surface area (Å²) in [5.74, 6) is 1.38. The van der Waals surface area contributed by atoms with Gasteiger partial charge in [-0.1, -0.05) is 24.3 Å². The molecule has 1 saturated heterocycles.